The van der Waals surface area contributed by atoms with Crippen molar-refractivity contribution in [1.82, 2.24) is 4.31 Å². The second-order valence-corrected chi connectivity index (χ2v) is 6.03. The molecule has 0 saturated carbocycles. The molecule has 0 aliphatic rings. The average molecular weight is 292 g/mol. The molecular formula is C12H18F2N2O2S. The van der Waals surface area contributed by atoms with Gasteiger partial charge in [-0.15, -0.1) is 0 Å². The Bertz CT molecular complexity index is 520. The van der Waals surface area contributed by atoms with Crippen molar-refractivity contribution >= 4 is 10.0 Å². The number of benzene rings is 1. The highest BCUT2D eigenvalue weighted by atomic mass is 32.2. The maximum absolute atomic E-state index is 13.6. The second-order valence-electron chi connectivity index (χ2n) is 4.12. The summed E-state index contributed by atoms with van der Waals surface area (Å²) in [6.45, 7) is 2.45. The molecule has 0 aliphatic carbocycles. The highest BCUT2D eigenvalue weighted by molar-refractivity contribution is 7.89. The van der Waals surface area contributed by atoms with Crippen LogP contribution in [0, 0.1) is 11.6 Å². The average Bonchev–Trinajstić information content (AvgIpc) is 2.33. The normalized spacial score (nSPS) is 12.1. The van der Waals surface area contributed by atoms with Gasteiger partial charge in [-0.05, 0) is 18.6 Å². The van der Waals surface area contributed by atoms with Crippen molar-refractivity contribution in [3.05, 3.63) is 29.8 Å². The molecule has 4 nitrogen and oxygen atoms in total. The lowest BCUT2D eigenvalue weighted by molar-refractivity contribution is 0.406. The summed E-state index contributed by atoms with van der Waals surface area (Å²) in [4.78, 5) is -0.515. The smallest absolute Gasteiger partial charge is 0.246 e. The van der Waals surface area contributed by atoms with Gasteiger partial charge >= 0.3 is 0 Å². The molecule has 0 saturated heterocycles. The van der Waals surface area contributed by atoms with Crippen molar-refractivity contribution in [3.8, 4) is 0 Å². The van der Waals surface area contributed by atoms with Gasteiger partial charge in [0.15, 0.2) is 0 Å². The monoisotopic (exact) mass is 292 g/mol. The van der Waals surface area contributed by atoms with Gasteiger partial charge in [0.05, 0.1) is 0 Å². The van der Waals surface area contributed by atoms with E-state index in [4.69, 9.17) is 5.73 Å². The second kappa shape index (κ2) is 6.93. The van der Waals surface area contributed by atoms with Crippen LogP contribution >= 0.6 is 0 Å². The maximum atomic E-state index is 13.6. The third-order valence-corrected chi connectivity index (χ3v) is 4.58. The zero-order valence-corrected chi connectivity index (χ0v) is 11.6. The standard InChI is InChI=1S/C12H18F2N2O2S/c1-2-3-7-16(8-6-15)19(17,18)12-5-4-10(13)9-11(12)14/h4-5,9H,2-3,6-8,15H2,1H3. The van der Waals surface area contributed by atoms with Gasteiger partial charge in [0.25, 0.3) is 0 Å². The van der Waals surface area contributed by atoms with E-state index < -0.39 is 26.6 Å². The molecule has 108 valence electrons. The minimum atomic E-state index is -3.97. The van der Waals surface area contributed by atoms with Gasteiger partial charge in [0.2, 0.25) is 10.0 Å². The summed E-state index contributed by atoms with van der Waals surface area (Å²) in [7, 11) is -3.97. The molecular weight excluding hydrogens is 274 g/mol. The number of sulfonamides is 1. The minimum absolute atomic E-state index is 0.110. The highest BCUT2D eigenvalue weighted by Gasteiger charge is 2.26. The molecule has 1 rings (SSSR count). The van der Waals surface area contributed by atoms with Crippen molar-refractivity contribution in [2.75, 3.05) is 19.6 Å². The van der Waals surface area contributed by atoms with E-state index >= 15 is 0 Å². The molecule has 0 fully saturated rings. The third-order valence-electron chi connectivity index (χ3n) is 2.65. The highest BCUT2D eigenvalue weighted by Crippen LogP contribution is 2.20. The number of nitrogens with two attached hydrogens (primary N) is 1. The van der Waals surface area contributed by atoms with E-state index in [0.29, 0.717) is 12.5 Å². The first-order valence-electron chi connectivity index (χ1n) is 6.08. The summed E-state index contributed by atoms with van der Waals surface area (Å²) in [6.07, 6.45) is 1.46. The molecule has 0 bridgehead atoms. The van der Waals surface area contributed by atoms with E-state index in [1.807, 2.05) is 6.92 Å². The Balaban J connectivity index is 3.11. The van der Waals surface area contributed by atoms with Crippen LogP contribution in [0.3, 0.4) is 0 Å². The van der Waals surface area contributed by atoms with Crippen molar-refractivity contribution < 1.29 is 17.2 Å². The molecule has 0 radical (unpaired) electrons. The molecule has 1 aromatic rings. The lowest BCUT2D eigenvalue weighted by Gasteiger charge is -2.21. The van der Waals surface area contributed by atoms with E-state index in [2.05, 4.69) is 0 Å². The largest absolute Gasteiger partial charge is 0.329 e. The van der Waals surface area contributed by atoms with Crippen molar-refractivity contribution in [3.63, 3.8) is 0 Å². The van der Waals surface area contributed by atoms with Crippen LogP contribution in [0.25, 0.3) is 0 Å². The van der Waals surface area contributed by atoms with E-state index in [9.17, 15) is 17.2 Å². The van der Waals surface area contributed by atoms with Crippen molar-refractivity contribution in [1.29, 1.82) is 0 Å². The molecule has 0 unspecified atom stereocenters. The molecule has 0 aliphatic heterocycles. The Morgan fingerprint density at radius 3 is 2.47 bits per heavy atom. The lowest BCUT2D eigenvalue weighted by Crippen LogP contribution is -2.36. The van der Waals surface area contributed by atoms with Crippen LogP contribution in [-0.2, 0) is 10.0 Å². The third kappa shape index (κ3) is 3.95. The first-order chi connectivity index (χ1) is 8.93. The summed E-state index contributed by atoms with van der Waals surface area (Å²) in [5, 5.41) is 0. The maximum Gasteiger partial charge on any atom is 0.246 e. The quantitative estimate of drug-likeness (QED) is 0.832. The molecule has 7 heteroatoms. The first-order valence-corrected chi connectivity index (χ1v) is 7.52. The van der Waals surface area contributed by atoms with Gasteiger partial charge in [-0.2, -0.15) is 4.31 Å². The molecule has 0 amide bonds. The van der Waals surface area contributed by atoms with E-state index in [-0.39, 0.29) is 19.6 Å². The Morgan fingerprint density at radius 2 is 1.95 bits per heavy atom. The Morgan fingerprint density at radius 1 is 1.26 bits per heavy atom. The molecule has 19 heavy (non-hydrogen) atoms. The van der Waals surface area contributed by atoms with E-state index in [0.717, 1.165) is 22.9 Å². The fourth-order valence-corrected chi connectivity index (χ4v) is 3.19. The van der Waals surface area contributed by atoms with Gasteiger partial charge in [-0.3, -0.25) is 0 Å². The van der Waals surface area contributed by atoms with Crippen LogP contribution in [0.5, 0.6) is 0 Å². The fraction of sp³-hybridized carbons (Fsp3) is 0.500. The van der Waals surface area contributed by atoms with Gasteiger partial charge in [0.1, 0.15) is 16.5 Å². The molecule has 0 heterocycles. The summed E-state index contributed by atoms with van der Waals surface area (Å²) >= 11 is 0. The predicted octanol–water partition coefficient (Wildman–Crippen LogP) is 1.71. The van der Waals surface area contributed by atoms with Crippen LogP contribution in [0.4, 0.5) is 8.78 Å². The molecule has 0 atom stereocenters. The van der Waals surface area contributed by atoms with Gasteiger partial charge in [-0.25, -0.2) is 17.2 Å². The number of unbranched alkanes of at least 4 members (excludes halogenated alkanes) is 1. The van der Waals surface area contributed by atoms with Crippen LogP contribution in [0.15, 0.2) is 23.1 Å². The number of rotatable bonds is 7. The van der Waals surface area contributed by atoms with Crippen LogP contribution in [0.1, 0.15) is 19.8 Å². The van der Waals surface area contributed by atoms with Crippen LogP contribution < -0.4 is 5.73 Å². The molecule has 0 spiro atoms. The summed E-state index contributed by atoms with van der Waals surface area (Å²) < 4.78 is 52.1. The van der Waals surface area contributed by atoms with Gasteiger partial charge < -0.3 is 5.73 Å². The zero-order chi connectivity index (χ0) is 14.5. The van der Waals surface area contributed by atoms with E-state index in [1.165, 1.54) is 0 Å². The van der Waals surface area contributed by atoms with E-state index in [1.54, 1.807) is 0 Å². The van der Waals surface area contributed by atoms with Crippen LogP contribution in [-0.4, -0.2) is 32.4 Å². The summed E-state index contributed by atoms with van der Waals surface area (Å²) in [5.74, 6) is -1.89. The predicted molar refractivity (Wildman–Crippen MR) is 69.1 cm³/mol. The SMILES string of the molecule is CCCCN(CCN)S(=O)(=O)c1ccc(F)cc1F. The Hall–Kier alpha value is -1.05. The Labute approximate surface area is 112 Å². The topological polar surface area (TPSA) is 63.4 Å². The number of halogens is 2. The molecule has 2 N–H and O–H groups in total. The zero-order valence-electron chi connectivity index (χ0n) is 10.8. The van der Waals surface area contributed by atoms with Gasteiger partial charge in [0, 0.05) is 25.7 Å². The first kappa shape index (κ1) is 16.0. The molecule has 0 aromatic heterocycles. The molecule has 1 aromatic carbocycles. The lowest BCUT2D eigenvalue weighted by atomic mass is 10.3. The van der Waals surface area contributed by atoms with Crippen LogP contribution in [0.2, 0.25) is 0 Å². The van der Waals surface area contributed by atoms with Crippen molar-refractivity contribution in [2.45, 2.75) is 24.7 Å². The minimum Gasteiger partial charge on any atom is -0.329 e. The summed E-state index contributed by atoms with van der Waals surface area (Å²) in [5.41, 5.74) is 5.38. The summed E-state index contributed by atoms with van der Waals surface area (Å²) in [6, 6.07) is 2.43. The van der Waals surface area contributed by atoms with Gasteiger partial charge in [-0.1, -0.05) is 13.3 Å². The number of hydrogen-bond acceptors (Lipinski definition) is 3. The van der Waals surface area contributed by atoms with Crippen molar-refractivity contribution in [2.24, 2.45) is 5.73 Å². The number of nitrogens with zero attached hydrogens (tertiary/aromatic N) is 1. The fourth-order valence-electron chi connectivity index (χ4n) is 1.65. The Kier molecular flexibility index (Phi) is 5.84. The number of hydrogen-bond donors (Lipinski definition) is 1.